The number of carbonyl (C=O) groups excluding carboxylic acids is 1. The fourth-order valence-electron chi connectivity index (χ4n) is 1.89. The van der Waals surface area contributed by atoms with Crippen molar-refractivity contribution in [3.63, 3.8) is 0 Å². The van der Waals surface area contributed by atoms with E-state index < -0.39 is 45.3 Å². The molecule has 0 bridgehead atoms. The Morgan fingerprint density at radius 2 is 2.00 bits per heavy atom. The Morgan fingerprint density at radius 1 is 1.30 bits per heavy atom. The zero-order valence-corrected chi connectivity index (χ0v) is 11.8. The average Bonchev–Trinajstić information content (AvgIpc) is 2.49. The maximum absolute atomic E-state index is 13.2. The van der Waals surface area contributed by atoms with Gasteiger partial charge in [0.15, 0.2) is 11.6 Å². The largest absolute Gasteiger partial charge is 0.345 e. The van der Waals surface area contributed by atoms with Crippen LogP contribution in [0, 0.1) is 21.7 Å². The molecule has 0 spiro atoms. The third-order valence-corrected chi connectivity index (χ3v) is 3.13. The minimum atomic E-state index is -1.07. The molecule has 2 aromatic rings. The highest BCUT2D eigenvalue weighted by molar-refractivity contribution is 5.94. The predicted molar refractivity (Wildman–Crippen MR) is 76.0 cm³/mol. The van der Waals surface area contributed by atoms with Gasteiger partial charge in [0.2, 0.25) is 0 Å². The lowest BCUT2D eigenvalue weighted by atomic mass is 10.1. The quantitative estimate of drug-likeness (QED) is 0.663. The van der Waals surface area contributed by atoms with Gasteiger partial charge in [-0.05, 0) is 24.6 Å². The molecular weight excluding hydrogens is 312 g/mol. The lowest BCUT2D eigenvalue weighted by Crippen LogP contribution is -2.31. The molecule has 7 nitrogen and oxygen atoms in total. The van der Waals surface area contributed by atoms with E-state index in [9.17, 15) is 28.5 Å². The van der Waals surface area contributed by atoms with Crippen molar-refractivity contribution in [3.05, 3.63) is 73.7 Å². The van der Waals surface area contributed by atoms with E-state index in [-0.39, 0.29) is 5.56 Å². The van der Waals surface area contributed by atoms with E-state index in [1.807, 2.05) is 0 Å². The van der Waals surface area contributed by atoms with Gasteiger partial charge in [0, 0.05) is 6.07 Å². The van der Waals surface area contributed by atoms with Gasteiger partial charge >= 0.3 is 0 Å². The first-order valence-corrected chi connectivity index (χ1v) is 6.42. The molecule has 0 radical (unpaired) electrons. The van der Waals surface area contributed by atoms with Crippen LogP contribution in [0.25, 0.3) is 0 Å². The van der Waals surface area contributed by atoms with Crippen LogP contribution in [0.4, 0.5) is 14.5 Å². The summed E-state index contributed by atoms with van der Waals surface area (Å²) in [6.45, 7) is 1.50. The number of aromatic amines is 1. The van der Waals surface area contributed by atoms with E-state index in [4.69, 9.17) is 0 Å². The van der Waals surface area contributed by atoms with Crippen LogP contribution in [0.2, 0.25) is 0 Å². The Bertz CT molecular complexity index is 835. The topological polar surface area (TPSA) is 105 Å². The van der Waals surface area contributed by atoms with Crippen LogP contribution in [-0.2, 0) is 0 Å². The molecule has 2 rings (SSSR count). The second-order valence-electron chi connectivity index (χ2n) is 4.73. The van der Waals surface area contributed by atoms with Gasteiger partial charge in [-0.3, -0.25) is 19.7 Å². The van der Waals surface area contributed by atoms with Crippen molar-refractivity contribution in [3.8, 4) is 0 Å². The van der Waals surface area contributed by atoms with Crippen molar-refractivity contribution in [2.75, 3.05) is 0 Å². The van der Waals surface area contributed by atoms with E-state index in [1.54, 1.807) is 0 Å². The number of aromatic nitrogens is 1. The number of benzene rings is 1. The Balaban J connectivity index is 2.24. The summed E-state index contributed by atoms with van der Waals surface area (Å²) in [6, 6.07) is 3.20. The second kappa shape index (κ2) is 6.34. The van der Waals surface area contributed by atoms with Gasteiger partial charge in [0.05, 0.1) is 17.2 Å². The number of amides is 1. The van der Waals surface area contributed by atoms with Crippen molar-refractivity contribution in [2.45, 2.75) is 13.0 Å². The third kappa shape index (κ3) is 3.57. The fraction of sp³-hybridized carbons (Fsp3) is 0.143. The summed E-state index contributed by atoms with van der Waals surface area (Å²) in [6.07, 6.45) is 0.873. The van der Waals surface area contributed by atoms with Crippen molar-refractivity contribution in [1.82, 2.24) is 10.3 Å². The van der Waals surface area contributed by atoms with E-state index in [1.165, 1.54) is 13.0 Å². The van der Waals surface area contributed by atoms with E-state index in [0.717, 1.165) is 24.4 Å². The van der Waals surface area contributed by atoms with Gasteiger partial charge < -0.3 is 10.3 Å². The Kier molecular flexibility index (Phi) is 4.49. The number of hydrogen-bond donors (Lipinski definition) is 2. The Labute approximate surface area is 128 Å². The number of nitrogens with zero attached hydrogens (tertiary/aromatic N) is 1. The molecule has 1 amide bonds. The number of H-pyrrole nitrogens is 1. The SMILES string of the molecule is C[C@H](NC(=O)c1cc([N+](=O)[O-])c[nH]c1=O)c1ccc(F)c(F)c1. The Hall–Kier alpha value is -3.10. The van der Waals surface area contributed by atoms with Crippen LogP contribution in [-0.4, -0.2) is 15.8 Å². The number of pyridine rings is 1. The molecule has 1 aromatic carbocycles. The molecule has 120 valence electrons. The maximum atomic E-state index is 13.2. The summed E-state index contributed by atoms with van der Waals surface area (Å²) in [5.74, 6) is -2.97. The standard InChI is InChI=1S/C14H11F2N3O4/c1-7(8-2-3-11(15)12(16)4-8)18-14(21)10-5-9(19(22)23)6-17-13(10)20/h2-7H,1H3,(H,17,20)(H,18,21)/t7-/m0/s1. The van der Waals surface area contributed by atoms with Crippen LogP contribution in [0.5, 0.6) is 0 Å². The van der Waals surface area contributed by atoms with Crippen LogP contribution in [0.15, 0.2) is 35.3 Å². The van der Waals surface area contributed by atoms with Crippen molar-refractivity contribution >= 4 is 11.6 Å². The number of hydrogen-bond acceptors (Lipinski definition) is 4. The van der Waals surface area contributed by atoms with Crippen molar-refractivity contribution in [2.24, 2.45) is 0 Å². The van der Waals surface area contributed by atoms with Gasteiger partial charge in [0.25, 0.3) is 17.2 Å². The predicted octanol–water partition coefficient (Wildman–Crippen LogP) is 2.05. The number of nitrogens with one attached hydrogen (secondary N) is 2. The lowest BCUT2D eigenvalue weighted by molar-refractivity contribution is -0.385. The number of carbonyl (C=O) groups is 1. The first-order valence-electron chi connectivity index (χ1n) is 6.42. The average molecular weight is 323 g/mol. The molecule has 0 aliphatic heterocycles. The molecule has 2 N–H and O–H groups in total. The lowest BCUT2D eigenvalue weighted by Gasteiger charge is -2.14. The monoisotopic (exact) mass is 323 g/mol. The first kappa shape index (κ1) is 16.3. The van der Waals surface area contributed by atoms with Crippen LogP contribution < -0.4 is 10.9 Å². The second-order valence-corrected chi connectivity index (χ2v) is 4.73. The summed E-state index contributed by atoms with van der Waals surface area (Å²) >= 11 is 0. The summed E-state index contributed by atoms with van der Waals surface area (Å²) in [4.78, 5) is 35.7. The molecule has 0 aliphatic carbocycles. The highest BCUT2D eigenvalue weighted by Gasteiger charge is 2.19. The van der Waals surface area contributed by atoms with Crippen molar-refractivity contribution in [1.29, 1.82) is 0 Å². The molecule has 9 heteroatoms. The van der Waals surface area contributed by atoms with Gasteiger partial charge in [-0.15, -0.1) is 0 Å². The van der Waals surface area contributed by atoms with Crippen molar-refractivity contribution < 1.29 is 18.5 Å². The molecule has 1 aromatic heterocycles. The normalized spacial score (nSPS) is 11.8. The number of halogens is 2. The minimum absolute atomic E-state index is 0.277. The molecule has 1 atom stereocenters. The molecule has 23 heavy (non-hydrogen) atoms. The smallest absolute Gasteiger partial charge is 0.286 e. The van der Waals surface area contributed by atoms with Gasteiger partial charge in [-0.1, -0.05) is 6.07 Å². The molecule has 0 unspecified atom stereocenters. The fourth-order valence-corrected chi connectivity index (χ4v) is 1.89. The summed E-state index contributed by atoms with van der Waals surface area (Å²) in [5, 5.41) is 13.1. The summed E-state index contributed by atoms with van der Waals surface area (Å²) in [7, 11) is 0. The summed E-state index contributed by atoms with van der Waals surface area (Å²) in [5.41, 5.74) is -1.42. The highest BCUT2D eigenvalue weighted by Crippen LogP contribution is 2.16. The van der Waals surface area contributed by atoms with E-state index in [2.05, 4.69) is 10.3 Å². The maximum Gasteiger partial charge on any atom is 0.286 e. The summed E-state index contributed by atoms with van der Waals surface area (Å²) < 4.78 is 26.1. The zero-order chi connectivity index (χ0) is 17.1. The molecule has 0 fully saturated rings. The van der Waals surface area contributed by atoms with E-state index >= 15 is 0 Å². The van der Waals surface area contributed by atoms with Gasteiger partial charge in [0.1, 0.15) is 5.56 Å². The molecule has 0 saturated heterocycles. The Morgan fingerprint density at radius 3 is 2.61 bits per heavy atom. The van der Waals surface area contributed by atoms with E-state index in [0.29, 0.717) is 0 Å². The zero-order valence-electron chi connectivity index (χ0n) is 11.8. The van der Waals surface area contributed by atoms with Crippen LogP contribution >= 0.6 is 0 Å². The third-order valence-electron chi connectivity index (χ3n) is 3.13. The highest BCUT2D eigenvalue weighted by atomic mass is 19.2. The van der Waals surface area contributed by atoms with Crippen LogP contribution in [0.3, 0.4) is 0 Å². The van der Waals surface area contributed by atoms with Gasteiger partial charge in [-0.2, -0.15) is 0 Å². The molecule has 1 heterocycles. The molecule has 0 aliphatic rings. The first-order chi connectivity index (χ1) is 10.8. The van der Waals surface area contributed by atoms with Gasteiger partial charge in [-0.25, -0.2) is 8.78 Å². The molecule has 0 saturated carbocycles. The number of rotatable bonds is 4. The number of nitro groups is 1. The van der Waals surface area contributed by atoms with Crippen LogP contribution in [0.1, 0.15) is 28.9 Å². The minimum Gasteiger partial charge on any atom is -0.345 e. The molecular formula is C14H11F2N3O4.